The Morgan fingerprint density at radius 3 is 2.58 bits per heavy atom. The highest BCUT2D eigenvalue weighted by molar-refractivity contribution is 7.93. The van der Waals surface area contributed by atoms with Gasteiger partial charge >= 0.3 is 5.97 Å². The van der Waals surface area contributed by atoms with Gasteiger partial charge in [0.2, 0.25) is 5.13 Å². The van der Waals surface area contributed by atoms with Crippen LogP contribution in [-0.4, -0.2) is 46.6 Å². The van der Waals surface area contributed by atoms with E-state index in [4.69, 9.17) is 4.74 Å². The number of aromatic nitrogens is 4. The van der Waals surface area contributed by atoms with Crippen LogP contribution in [0.2, 0.25) is 0 Å². The molecule has 2 aromatic carbocycles. The number of anilines is 2. The standard InChI is InChI=1S/C20H18N6O5S2/c1-11(31-19(28)13-3-8-16-17(9-13)22-10-21-16)18(27)23-14-4-6-15(7-5-14)33(29,30)26-20-25-24-12(2)32-20/h3-11H,1-2H3,(H,21,22)(H,23,27)(H,25,26). The summed E-state index contributed by atoms with van der Waals surface area (Å²) in [6.07, 6.45) is 0.431. The zero-order chi connectivity index (χ0) is 23.6. The van der Waals surface area contributed by atoms with Crippen LogP contribution in [0.15, 0.2) is 53.7 Å². The second-order valence-electron chi connectivity index (χ2n) is 6.93. The fraction of sp³-hybridized carbons (Fsp3) is 0.150. The molecule has 0 aliphatic rings. The Morgan fingerprint density at radius 2 is 1.88 bits per heavy atom. The third kappa shape index (κ3) is 5.15. The zero-order valence-electron chi connectivity index (χ0n) is 17.4. The van der Waals surface area contributed by atoms with Gasteiger partial charge in [0.15, 0.2) is 6.10 Å². The maximum Gasteiger partial charge on any atom is 0.338 e. The third-order valence-electron chi connectivity index (χ3n) is 4.49. The van der Waals surface area contributed by atoms with E-state index in [2.05, 4.69) is 30.2 Å². The zero-order valence-corrected chi connectivity index (χ0v) is 19.0. The van der Waals surface area contributed by atoms with Crippen molar-refractivity contribution in [3.05, 3.63) is 59.4 Å². The van der Waals surface area contributed by atoms with Gasteiger partial charge in [-0.2, -0.15) is 0 Å². The monoisotopic (exact) mass is 486 g/mol. The van der Waals surface area contributed by atoms with Crippen molar-refractivity contribution in [1.82, 2.24) is 20.2 Å². The number of nitrogens with one attached hydrogen (secondary N) is 3. The molecule has 0 fully saturated rings. The van der Waals surface area contributed by atoms with E-state index in [0.29, 0.717) is 21.7 Å². The number of H-pyrrole nitrogens is 1. The fourth-order valence-electron chi connectivity index (χ4n) is 2.82. The van der Waals surface area contributed by atoms with Crippen molar-refractivity contribution in [3.63, 3.8) is 0 Å². The molecule has 3 N–H and O–H groups in total. The Balaban J connectivity index is 1.36. The first-order valence-corrected chi connectivity index (χ1v) is 11.9. The number of imidazole rings is 1. The van der Waals surface area contributed by atoms with Crippen molar-refractivity contribution < 1.29 is 22.7 Å². The van der Waals surface area contributed by atoms with E-state index in [-0.39, 0.29) is 15.6 Å². The minimum Gasteiger partial charge on any atom is -0.449 e. The first kappa shape index (κ1) is 22.4. The molecule has 1 amide bonds. The Bertz CT molecular complexity index is 1430. The number of carbonyl (C=O) groups excluding carboxylic acids is 2. The lowest BCUT2D eigenvalue weighted by Crippen LogP contribution is -2.30. The number of aryl methyl sites for hydroxylation is 1. The number of rotatable bonds is 7. The predicted octanol–water partition coefficient (Wildman–Crippen LogP) is 2.71. The molecule has 13 heteroatoms. The first-order valence-electron chi connectivity index (χ1n) is 9.59. The van der Waals surface area contributed by atoms with Crippen molar-refractivity contribution >= 4 is 55.1 Å². The van der Waals surface area contributed by atoms with Crippen LogP contribution in [0, 0.1) is 6.92 Å². The highest BCUT2D eigenvalue weighted by atomic mass is 32.2. The summed E-state index contributed by atoms with van der Waals surface area (Å²) in [7, 11) is -3.85. The molecule has 4 rings (SSSR count). The van der Waals surface area contributed by atoms with E-state index in [0.717, 1.165) is 11.3 Å². The molecular weight excluding hydrogens is 468 g/mol. The van der Waals surface area contributed by atoms with E-state index in [1.54, 1.807) is 25.1 Å². The lowest BCUT2D eigenvalue weighted by molar-refractivity contribution is -0.123. The summed E-state index contributed by atoms with van der Waals surface area (Å²) in [6.45, 7) is 3.15. The third-order valence-corrected chi connectivity index (χ3v) is 6.73. The topological polar surface area (TPSA) is 156 Å². The Morgan fingerprint density at radius 1 is 1.12 bits per heavy atom. The highest BCUT2D eigenvalue weighted by Crippen LogP contribution is 2.21. The number of hydrogen-bond donors (Lipinski definition) is 3. The normalized spacial score (nSPS) is 12.3. The highest BCUT2D eigenvalue weighted by Gasteiger charge is 2.21. The summed E-state index contributed by atoms with van der Waals surface area (Å²) >= 11 is 1.11. The number of aromatic amines is 1. The minimum absolute atomic E-state index is 0.0120. The van der Waals surface area contributed by atoms with Gasteiger partial charge in [-0.1, -0.05) is 11.3 Å². The quantitative estimate of drug-likeness (QED) is 0.337. The summed E-state index contributed by atoms with van der Waals surface area (Å²) in [5, 5.41) is 10.9. The average Bonchev–Trinajstić information content (AvgIpc) is 3.41. The number of amides is 1. The second-order valence-corrected chi connectivity index (χ2v) is 9.79. The van der Waals surface area contributed by atoms with Gasteiger partial charge in [0.05, 0.1) is 27.8 Å². The van der Waals surface area contributed by atoms with Crippen molar-refractivity contribution in [3.8, 4) is 0 Å². The number of nitrogens with zero attached hydrogens (tertiary/aromatic N) is 3. The van der Waals surface area contributed by atoms with Gasteiger partial charge < -0.3 is 15.0 Å². The number of esters is 1. The number of benzene rings is 2. The molecule has 1 unspecified atom stereocenters. The van der Waals surface area contributed by atoms with E-state index < -0.39 is 28.0 Å². The smallest absolute Gasteiger partial charge is 0.338 e. The van der Waals surface area contributed by atoms with Gasteiger partial charge in [0.25, 0.3) is 15.9 Å². The Labute approximate surface area is 192 Å². The number of sulfonamides is 1. The van der Waals surface area contributed by atoms with Crippen LogP contribution in [0.1, 0.15) is 22.3 Å². The van der Waals surface area contributed by atoms with Gasteiger partial charge in [-0.05, 0) is 56.3 Å². The molecule has 0 saturated heterocycles. The number of fused-ring (bicyclic) bond motifs is 1. The summed E-state index contributed by atoms with van der Waals surface area (Å²) in [5.74, 6) is -1.22. The maximum atomic E-state index is 12.4. The molecule has 0 spiro atoms. The van der Waals surface area contributed by atoms with Gasteiger partial charge in [-0.3, -0.25) is 9.52 Å². The largest absolute Gasteiger partial charge is 0.449 e. The van der Waals surface area contributed by atoms with Crippen molar-refractivity contribution in [2.45, 2.75) is 24.8 Å². The lowest BCUT2D eigenvalue weighted by atomic mass is 10.2. The van der Waals surface area contributed by atoms with Gasteiger partial charge in [-0.25, -0.2) is 18.2 Å². The molecular formula is C20H18N6O5S2. The molecule has 1 atom stereocenters. The SMILES string of the molecule is Cc1nnc(NS(=O)(=O)c2ccc(NC(=O)C(C)OC(=O)c3ccc4nc[nH]c4c3)cc2)s1. The number of hydrogen-bond acceptors (Lipinski definition) is 9. The summed E-state index contributed by atoms with van der Waals surface area (Å²) < 4.78 is 32.5. The van der Waals surface area contributed by atoms with E-state index in [9.17, 15) is 18.0 Å². The van der Waals surface area contributed by atoms with Crippen LogP contribution in [0.5, 0.6) is 0 Å². The first-order chi connectivity index (χ1) is 15.7. The van der Waals surface area contributed by atoms with Gasteiger partial charge in [-0.15, -0.1) is 10.2 Å². The Kier molecular flexibility index (Phi) is 6.07. The van der Waals surface area contributed by atoms with Gasteiger partial charge in [0, 0.05) is 5.69 Å². The Hall–Kier alpha value is -3.84. The van der Waals surface area contributed by atoms with Crippen molar-refractivity contribution in [1.29, 1.82) is 0 Å². The van der Waals surface area contributed by atoms with Gasteiger partial charge in [0.1, 0.15) is 5.01 Å². The fourth-order valence-corrected chi connectivity index (χ4v) is 4.64. The number of ether oxygens (including phenoxy) is 1. The van der Waals surface area contributed by atoms with Crippen molar-refractivity contribution in [2.75, 3.05) is 10.0 Å². The summed E-state index contributed by atoms with van der Waals surface area (Å²) in [4.78, 5) is 31.8. The second kappa shape index (κ2) is 8.96. The van der Waals surface area contributed by atoms with Crippen LogP contribution < -0.4 is 10.0 Å². The maximum absolute atomic E-state index is 12.4. The van der Waals surface area contributed by atoms with Crippen LogP contribution >= 0.6 is 11.3 Å². The summed E-state index contributed by atoms with van der Waals surface area (Å²) in [6, 6.07) is 10.4. The molecule has 0 radical (unpaired) electrons. The van der Waals surface area contributed by atoms with E-state index in [1.807, 2.05) is 0 Å². The molecule has 4 aromatic rings. The lowest BCUT2D eigenvalue weighted by Gasteiger charge is -2.14. The molecule has 170 valence electrons. The van der Waals surface area contributed by atoms with Crippen LogP contribution in [0.3, 0.4) is 0 Å². The van der Waals surface area contributed by atoms with Crippen LogP contribution in [-0.2, 0) is 19.6 Å². The van der Waals surface area contributed by atoms with E-state index in [1.165, 1.54) is 37.5 Å². The molecule has 33 heavy (non-hydrogen) atoms. The van der Waals surface area contributed by atoms with Crippen LogP contribution in [0.25, 0.3) is 11.0 Å². The molecule has 11 nitrogen and oxygen atoms in total. The molecule has 2 aromatic heterocycles. The molecule has 0 bridgehead atoms. The average molecular weight is 487 g/mol. The van der Waals surface area contributed by atoms with Crippen LogP contribution in [0.4, 0.5) is 10.8 Å². The molecule has 0 saturated carbocycles. The predicted molar refractivity (Wildman–Crippen MR) is 121 cm³/mol. The molecule has 0 aliphatic heterocycles. The van der Waals surface area contributed by atoms with E-state index >= 15 is 0 Å². The molecule has 0 aliphatic carbocycles. The number of carbonyl (C=O) groups is 2. The molecule has 2 heterocycles. The minimum atomic E-state index is -3.85. The van der Waals surface area contributed by atoms with Crippen molar-refractivity contribution in [2.24, 2.45) is 0 Å². The summed E-state index contributed by atoms with van der Waals surface area (Å²) in [5.41, 5.74) is 2.00.